The molecule has 2 N–H and O–H groups in total. The molecule has 0 heterocycles. The van der Waals surface area contributed by atoms with Gasteiger partial charge in [-0.15, -0.1) is 0 Å². The average Bonchev–Trinajstić information content (AvgIpc) is 2.87. The quantitative estimate of drug-likeness (QED) is 0.787. The maximum Gasteiger partial charge on any atom is 0.503 e. The molecule has 0 amide bonds. The molecule has 1 aliphatic rings. The standard InChI is InChI=1S/C13H16S.CH2O3/c1-13(2)10-11(13)8-9-14-12-6-4-3-5-7-12;2-1(3)4/h3-9,11H,10H2,1-2H3;(H2,2,3,4). The number of carbonyl (C=O) groups is 1. The molecule has 1 atom stereocenters. The number of hydrogen-bond acceptors (Lipinski definition) is 2. The second-order valence-electron chi connectivity index (χ2n) is 4.84. The molecule has 0 saturated heterocycles. The molecule has 1 aromatic rings. The fourth-order valence-corrected chi connectivity index (χ4v) is 2.29. The predicted octanol–water partition coefficient (Wildman–Crippen LogP) is 4.56. The minimum Gasteiger partial charge on any atom is -0.450 e. The topological polar surface area (TPSA) is 57.5 Å². The molecular weight excluding hydrogens is 248 g/mol. The Morgan fingerprint density at radius 1 is 1.33 bits per heavy atom. The van der Waals surface area contributed by atoms with Gasteiger partial charge in [0.15, 0.2) is 0 Å². The van der Waals surface area contributed by atoms with Crippen LogP contribution in [0.5, 0.6) is 0 Å². The summed E-state index contributed by atoms with van der Waals surface area (Å²) in [6, 6.07) is 10.5. The third kappa shape index (κ3) is 5.77. The molecule has 0 aromatic heterocycles. The van der Waals surface area contributed by atoms with Gasteiger partial charge in [-0.2, -0.15) is 0 Å². The molecule has 1 aliphatic carbocycles. The normalized spacial score (nSPS) is 20.0. The van der Waals surface area contributed by atoms with E-state index in [0.29, 0.717) is 5.41 Å². The first kappa shape index (κ1) is 14.6. The molecule has 1 unspecified atom stereocenters. The Morgan fingerprint density at radius 3 is 2.28 bits per heavy atom. The third-order valence-electron chi connectivity index (χ3n) is 2.85. The van der Waals surface area contributed by atoms with Crippen LogP contribution in [0.25, 0.3) is 0 Å². The maximum atomic E-state index is 8.56. The highest BCUT2D eigenvalue weighted by atomic mass is 32.2. The van der Waals surface area contributed by atoms with Gasteiger partial charge in [-0.25, -0.2) is 4.79 Å². The number of allylic oxidation sites excluding steroid dienone is 1. The molecule has 1 aromatic carbocycles. The molecule has 1 saturated carbocycles. The molecule has 4 heteroatoms. The molecular formula is C14H18O3S. The molecule has 2 rings (SSSR count). The van der Waals surface area contributed by atoms with Crippen molar-refractivity contribution < 1.29 is 15.0 Å². The highest BCUT2D eigenvalue weighted by molar-refractivity contribution is 8.02. The van der Waals surface area contributed by atoms with Crippen LogP contribution in [0.1, 0.15) is 20.3 Å². The molecule has 98 valence electrons. The summed E-state index contributed by atoms with van der Waals surface area (Å²) in [6.45, 7) is 4.66. The van der Waals surface area contributed by atoms with Crippen molar-refractivity contribution in [2.45, 2.75) is 25.2 Å². The van der Waals surface area contributed by atoms with Crippen LogP contribution >= 0.6 is 11.8 Å². The molecule has 0 radical (unpaired) electrons. The smallest absolute Gasteiger partial charge is 0.450 e. The van der Waals surface area contributed by atoms with Gasteiger partial charge in [0.2, 0.25) is 0 Å². The van der Waals surface area contributed by atoms with Crippen LogP contribution in [0.4, 0.5) is 4.79 Å². The van der Waals surface area contributed by atoms with Gasteiger partial charge in [0.05, 0.1) is 0 Å². The second-order valence-corrected chi connectivity index (χ2v) is 5.82. The summed E-state index contributed by atoms with van der Waals surface area (Å²) in [5.74, 6) is 0.804. The van der Waals surface area contributed by atoms with Crippen molar-refractivity contribution >= 4 is 17.9 Å². The number of hydrogen-bond donors (Lipinski definition) is 2. The summed E-state index contributed by atoms with van der Waals surface area (Å²) >= 11 is 1.81. The molecule has 0 spiro atoms. The van der Waals surface area contributed by atoms with Crippen molar-refractivity contribution in [3.63, 3.8) is 0 Å². The summed E-state index contributed by atoms with van der Waals surface area (Å²) in [4.78, 5) is 9.88. The van der Waals surface area contributed by atoms with Gasteiger partial charge in [-0.3, -0.25) is 0 Å². The molecule has 1 fully saturated rings. The monoisotopic (exact) mass is 266 g/mol. The lowest BCUT2D eigenvalue weighted by Gasteiger charge is -1.96. The summed E-state index contributed by atoms with van der Waals surface area (Å²) in [6.07, 6.45) is 1.86. The van der Waals surface area contributed by atoms with Crippen molar-refractivity contribution in [3.05, 3.63) is 41.8 Å². The predicted molar refractivity (Wildman–Crippen MR) is 74.0 cm³/mol. The van der Waals surface area contributed by atoms with Crippen LogP contribution < -0.4 is 0 Å². The largest absolute Gasteiger partial charge is 0.503 e. The van der Waals surface area contributed by atoms with Crippen molar-refractivity contribution in [2.75, 3.05) is 0 Å². The van der Waals surface area contributed by atoms with E-state index in [9.17, 15) is 0 Å². The van der Waals surface area contributed by atoms with Crippen LogP contribution in [0.2, 0.25) is 0 Å². The van der Waals surface area contributed by atoms with E-state index < -0.39 is 6.16 Å². The van der Waals surface area contributed by atoms with E-state index >= 15 is 0 Å². The summed E-state index contributed by atoms with van der Waals surface area (Å²) < 4.78 is 0. The van der Waals surface area contributed by atoms with Gasteiger partial charge in [-0.05, 0) is 35.3 Å². The first-order valence-electron chi connectivity index (χ1n) is 5.72. The van der Waals surface area contributed by atoms with Crippen LogP contribution in [0.15, 0.2) is 46.7 Å². The van der Waals surface area contributed by atoms with Crippen LogP contribution in [-0.4, -0.2) is 16.4 Å². The molecule has 0 aliphatic heterocycles. The van der Waals surface area contributed by atoms with Crippen molar-refractivity contribution in [1.82, 2.24) is 0 Å². The van der Waals surface area contributed by atoms with Crippen molar-refractivity contribution in [2.24, 2.45) is 11.3 Å². The van der Waals surface area contributed by atoms with E-state index in [0.717, 1.165) is 5.92 Å². The minimum absolute atomic E-state index is 0.563. The van der Waals surface area contributed by atoms with Crippen LogP contribution in [0, 0.1) is 11.3 Å². The highest BCUT2D eigenvalue weighted by Crippen LogP contribution is 2.52. The molecule has 18 heavy (non-hydrogen) atoms. The number of thioether (sulfide) groups is 1. The summed E-state index contributed by atoms with van der Waals surface area (Å²) in [5.41, 5.74) is 0.563. The average molecular weight is 266 g/mol. The van der Waals surface area contributed by atoms with E-state index in [2.05, 4.69) is 55.7 Å². The lowest BCUT2D eigenvalue weighted by atomic mass is 10.1. The van der Waals surface area contributed by atoms with Crippen LogP contribution in [-0.2, 0) is 0 Å². The highest BCUT2D eigenvalue weighted by Gasteiger charge is 2.43. The van der Waals surface area contributed by atoms with Gasteiger partial charge >= 0.3 is 6.16 Å². The zero-order valence-corrected chi connectivity index (χ0v) is 11.4. The fraction of sp³-hybridized carbons (Fsp3) is 0.357. The van der Waals surface area contributed by atoms with E-state index in [1.165, 1.54) is 11.3 Å². The van der Waals surface area contributed by atoms with Gasteiger partial charge in [0.25, 0.3) is 0 Å². The van der Waals surface area contributed by atoms with E-state index in [-0.39, 0.29) is 0 Å². The van der Waals surface area contributed by atoms with E-state index in [1.807, 2.05) is 11.8 Å². The Balaban J connectivity index is 0.000000357. The van der Waals surface area contributed by atoms with Gasteiger partial charge in [-0.1, -0.05) is 49.9 Å². The lowest BCUT2D eigenvalue weighted by molar-refractivity contribution is 0.137. The Morgan fingerprint density at radius 2 is 1.83 bits per heavy atom. The number of rotatable bonds is 3. The third-order valence-corrected chi connectivity index (χ3v) is 3.69. The van der Waals surface area contributed by atoms with Crippen LogP contribution in [0.3, 0.4) is 0 Å². The van der Waals surface area contributed by atoms with Gasteiger partial charge < -0.3 is 10.2 Å². The summed E-state index contributed by atoms with van der Waals surface area (Å²) in [5, 5.41) is 16.2. The van der Waals surface area contributed by atoms with Crippen molar-refractivity contribution in [3.8, 4) is 0 Å². The summed E-state index contributed by atoms with van der Waals surface area (Å²) in [7, 11) is 0. The lowest BCUT2D eigenvalue weighted by Crippen LogP contribution is -1.84. The van der Waals surface area contributed by atoms with E-state index in [4.69, 9.17) is 15.0 Å². The minimum atomic E-state index is -1.83. The number of benzene rings is 1. The Hall–Kier alpha value is -1.42. The maximum absolute atomic E-state index is 8.56. The van der Waals surface area contributed by atoms with Gasteiger partial charge in [0.1, 0.15) is 0 Å². The zero-order chi connectivity index (χ0) is 13.6. The molecule has 3 nitrogen and oxygen atoms in total. The number of carboxylic acid groups (broad SMARTS) is 2. The Labute approximate surface area is 112 Å². The SMILES string of the molecule is CC1(C)CC1C=CSc1ccccc1.O=C(O)O. The van der Waals surface area contributed by atoms with Gasteiger partial charge in [0, 0.05) is 4.90 Å². The first-order chi connectivity index (χ1) is 8.42. The Bertz CT molecular complexity index is 408. The molecule has 0 bridgehead atoms. The second kappa shape index (κ2) is 6.50. The van der Waals surface area contributed by atoms with E-state index in [1.54, 1.807) is 0 Å². The first-order valence-corrected chi connectivity index (χ1v) is 6.60. The Kier molecular flexibility index (Phi) is 5.28. The fourth-order valence-electron chi connectivity index (χ4n) is 1.55. The zero-order valence-electron chi connectivity index (χ0n) is 10.5. The van der Waals surface area contributed by atoms with Crippen molar-refractivity contribution in [1.29, 1.82) is 0 Å².